The highest BCUT2D eigenvalue weighted by Gasteiger charge is 2.07. The monoisotopic (exact) mass is 333 g/mol. The average molecular weight is 334 g/mol. The lowest BCUT2D eigenvalue weighted by atomic mass is 10.1. The minimum atomic E-state index is 0.376. The molecular weight excluding hydrogens is 314 g/mol. The van der Waals surface area contributed by atoms with Gasteiger partial charge in [0.2, 0.25) is 0 Å². The molecule has 4 nitrogen and oxygen atoms in total. The van der Waals surface area contributed by atoms with Gasteiger partial charge in [0.05, 0.1) is 6.21 Å². The van der Waals surface area contributed by atoms with Gasteiger partial charge in [0.25, 0.3) is 0 Å². The van der Waals surface area contributed by atoms with Gasteiger partial charge >= 0.3 is 0 Å². The molecule has 0 saturated carbocycles. The van der Waals surface area contributed by atoms with E-state index in [2.05, 4.69) is 18.1 Å². The van der Waals surface area contributed by atoms with Crippen molar-refractivity contribution in [1.82, 2.24) is 0 Å². The summed E-state index contributed by atoms with van der Waals surface area (Å²) in [6.45, 7) is 6.93. The molecule has 2 rings (SSSR count). The van der Waals surface area contributed by atoms with Gasteiger partial charge in [-0.3, -0.25) is 0 Å². The predicted molar refractivity (Wildman–Crippen MR) is 92.5 cm³/mol. The number of ether oxygens (including phenoxy) is 2. The van der Waals surface area contributed by atoms with Crippen LogP contribution in [0.15, 0.2) is 35.5 Å². The van der Waals surface area contributed by atoms with Crippen molar-refractivity contribution in [3.05, 3.63) is 57.6 Å². The highest BCUT2D eigenvalue weighted by atomic mass is 35.5. The normalized spacial score (nSPS) is 11.0. The number of aryl methyl sites for hydroxylation is 2. The van der Waals surface area contributed by atoms with Crippen molar-refractivity contribution in [1.29, 1.82) is 0 Å². The van der Waals surface area contributed by atoms with Gasteiger partial charge in [-0.25, -0.2) is 0 Å². The first-order valence-electron chi connectivity index (χ1n) is 7.32. The maximum absolute atomic E-state index is 8.69. The molecule has 0 aliphatic heterocycles. The first-order chi connectivity index (χ1) is 11.0. The summed E-state index contributed by atoms with van der Waals surface area (Å²) in [6.07, 6.45) is 1.29. The van der Waals surface area contributed by atoms with E-state index in [0.717, 1.165) is 16.9 Å². The van der Waals surface area contributed by atoms with Crippen LogP contribution in [0.25, 0.3) is 0 Å². The zero-order valence-corrected chi connectivity index (χ0v) is 14.2. The lowest BCUT2D eigenvalue weighted by Gasteiger charge is -2.15. The number of halogens is 1. The van der Waals surface area contributed by atoms with E-state index in [1.54, 1.807) is 18.2 Å². The van der Waals surface area contributed by atoms with E-state index in [9.17, 15) is 0 Å². The van der Waals surface area contributed by atoms with Gasteiger partial charge in [0, 0.05) is 10.6 Å². The van der Waals surface area contributed by atoms with E-state index < -0.39 is 0 Å². The van der Waals surface area contributed by atoms with E-state index >= 15 is 0 Å². The molecule has 0 spiro atoms. The maximum Gasteiger partial charge on any atom is 0.128 e. The van der Waals surface area contributed by atoms with Crippen molar-refractivity contribution in [3.63, 3.8) is 0 Å². The Bertz CT molecular complexity index is 714. The number of benzene rings is 2. The van der Waals surface area contributed by atoms with Crippen LogP contribution in [0.4, 0.5) is 0 Å². The van der Waals surface area contributed by atoms with E-state index in [4.69, 9.17) is 26.3 Å². The zero-order valence-electron chi connectivity index (χ0n) is 13.5. The van der Waals surface area contributed by atoms with Gasteiger partial charge in [-0.2, -0.15) is 0 Å². The molecule has 2 aromatic rings. The van der Waals surface area contributed by atoms with Gasteiger partial charge in [-0.1, -0.05) is 28.9 Å². The molecule has 1 N–H and O–H groups in total. The molecule has 0 amide bonds. The van der Waals surface area contributed by atoms with Gasteiger partial charge in [0.15, 0.2) is 0 Å². The number of hydrogen-bond donors (Lipinski definition) is 1. The molecule has 0 heterocycles. The average Bonchev–Trinajstić information content (AvgIpc) is 2.52. The van der Waals surface area contributed by atoms with Crippen LogP contribution < -0.4 is 9.47 Å². The second kappa shape index (κ2) is 7.88. The number of hydrogen-bond acceptors (Lipinski definition) is 4. The highest BCUT2D eigenvalue weighted by Crippen LogP contribution is 2.26. The molecular formula is C18H20ClNO3. The molecule has 23 heavy (non-hydrogen) atoms. The molecule has 0 fully saturated rings. The molecule has 2 aromatic carbocycles. The van der Waals surface area contributed by atoms with Crippen LogP contribution in [0.3, 0.4) is 0 Å². The second-order valence-corrected chi connectivity index (χ2v) is 5.71. The minimum absolute atomic E-state index is 0.376. The largest absolute Gasteiger partial charge is 0.489 e. The molecule has 0 atom stereocenters. The zero-order chi connectivity index (χ0) is 16.8. The van der Waals surface area contributed by atoms with Crippen molar-refractivity contribution in [2.75, 3.05) is 13.2 Å². The summed E-state index contributed by atoms with van der Waals surface area (Å²) in [6, 6.07) is 9.27. The van der Waals surface area contributed by atoms with E-state index in [1.807, 2.05) is 19.9 Å². The minimum Gasteiger partial charge on any atom is -0.489 e. The summed E-state index contributed by atoms with van der Waals surface area (Å²) in [7, 11) is 0. The van der Waals surface area contributed by atoms with Crippen LogP contribution in [0.2, 0.25) is 5.02 Å². The van der Waals surface area contributed by atoms with Gasteiger partial charge in [-0.05, 0) is 55.7 Å². The molecule has 0 aliphatic rings. The summed E-state index contributed by atoms with van der Waals surface area (Å²) in [4.78, 5) is 0. The van der Waals surface area contributed by atoms with Gasteiger partial charge in [-0.15, -0.1) is 0 Å². The van der Waals surface area contributed by atoms with E-state index in [-0.39, 0.29) is 0 Å². The van der Waals surface area contributed by atoms with Crippen molar-refractivity contribution in [2.45, 2.75) is 20.8 Å². The third-order valence-electron chi connectivity index (χ3n) is 3.63. The third-order valence-corrected chi connectivity index (χ3v) is 3.86. The molecule has 0 aliphatic carbocycles. The first-order valence-corrected chi connectivity index (χ1v) is 7.70. The van der Waals surface area contributed by atoms with Crippen LogP contribution >= 0.6 is 11.6 Å². The molecule has 0 aromatic heterocycles. The first kappa shape index (κ1) is 17.2. The second-order valence-electron chi connectivity index (χ2n) is 5.28. The lowest BCUT2D eigenvalue weighted by Crippen LogP contribution is -2.11. The quantitative estimate of drug-likeness (QED) is 0.365. The molecule has 0 unspecified atom stereocenters. The van der Waals surface area contributed by atoms with Crippen LogP contribution in [0.1, 0.15) is 22.3 Å². The van der Waals surface area contributed by atoms with Crippen LogP contribution in [-0.2, 0) is 0 Å². The summed E-state index contributed by atoms with van der Waals surface area (Å²) < 4.78 is 11.6. The van der Waals surface area contributed by atoms with Crippen LogP contribution in [0.5, 0.6) is 11.5 Å². The van der Waals surface area contributed by atoms with Gasteiger partial charge < -0.3 is 14.7 Å². The molecule has 0 bridgehead atoms. The Kier molecular flexibility index (Phi) is 5.88. The summed E-state index contributed by atoms with van der Waals surface area (Å²) in [5.74, 6) is 1.50. The number of oxime groups is 1. The third kappa shape index (κ3) is 4.39. The Morgan fingerprint density at radius 2 is 1.74 bits per heavy atom. The van der Waals surface area contributed by atoms with Crippen molar-refractivity contribution in [2.24, 2.45) is 5.16 Å². The summed E-state index contributed by atoms with van der Waals surface area (Å²) >= 11 is 5.92. The SMILES string of the molecule is Cc1ccc(C)c(OCCOc2ccc(Cl)cc2C=NO)c1C. The summed E-state index contributed by atoms with van der Waals surface area (Å²) in [5, 5.41) is 12.3. The predicted octanol–water partition coefficient (Wildman–Crippen LogP) is 4.53. The summed E-state index contributed by atoms with van der Waals surface area (Å²) in [5.41, 5.74) is 4.06. The topological polar surface area (TPSA) is 51.0 Å². The van der Waals surface area contributed by atoms with E-state index in [0.29, 0.717) is 29.5 Å². The Labute approximate surface area is 141 Å². The molecule has 0 saturated heterocycles. The van der Waals surface area contributed by atoms with Crippen LogP contribution in [-0.4, -0.2) is 24.6 Å². The van der Waals surface area contributed by atoms with Crippen molar-refractivity contribution >= 4 is 17.8 Å². The highest BCUT2D eigenvalue weighted by molar-refractivity contribution is 6.30. The molecule has 122 valence electrons. The fraction of sp³-hybridized carbons (Fsp3) is 0.278. The standard InChI is InChI=1S/C18H20ClNO3/c1-12-4-5-13(2)18(14(12)3)23-9-8-22-17-7-6-16(19)10-15(17)11-20-21/h4-7,10-11,21H,8-9H2,1-3H3. The molecule has 0 radical (unpaired) electrons. The van der Waals surface area contributed by atoms with Gasteiger partial charge in [0.1, 0.15) is 24.7 Å². The number of rotatable bonds is 6. The van der Waals surface area contributed by atoms with Crippen LogP contribution in [0, 0.1) is 20.8 Å². The van der Waals surface area contributed by atoms with E-state index in [1.165, 1.54) is 11.8 Å². The Hall–Kier alpha value is -2.20. The fourth-order valence-corrected chi connectivity index (χ4v) is 2.44. The Morgan fingerprint density at radius 1 is 1.04 bits per heavy atom. The van der Waals surface area contributed by atoms with Crippen molar-refractivity contribution < 1.29 is 14.7 Å². The Morgan fingerprint density at radius 3 is 2.48 bits per heavy atom. The Balaban J connectivity index is 1.98. The lowest BCUT2D eigenvalue weighted by molar-refractivity contribution is 0.215. The smallest absolute Gasteiger partial charge is 0.128 e. The van der Waals surface area contributed by atoms with Crippen molar-refractivity contribution in [3.8, 4) is 11.5 Å². The maximum atomic E-state index is 8.69. The molecule has 5 heteroatoms. The number of nitrogens with zero attached hydrogens (tertiary/aromatic N) is 1. The fourth-order valence-electron chi connectivity index (χ4n) is 2.26.